The second kappa shape index (κ2) is 9.03. The molecule has 0 spiro atoms. The number of rotatable bonds is 4. The fourth-order valence-electron chi connectivity index (χ4n) is 4.43. The van der Waals surface area contributed by atoms with E-state index in [1.165, 1.54) is 12.8 Å². The van der Waals surface area contributed by atoms with Crippen LogP contribution in [0.3, 0.4) is 0 Å². The molecule has 140 valence electrons. The highest BCUT2D eigenvalue weighted by Gasteiger charge is 2.58. The number of guanidine groups is 1. The highest BCUT2D eigenvalue weighted by atomic mass is 127. The van der Waals surface area contributed by atoms with Crippen LogP contribution in [0.4, 0.5) is 0 Å². The molecule has 24 heavy (non-hydrogen) atoms. The van der Waals surface area contributed by atoms with Crippen molar-refractivity contribution < 1.29 is 9.47 Å². The normalized spacial score (nSPS) is 33.0. The third-order valence-electron chi connectivity index (χ3n) is 5.82. The van der Waals surface area contributed by atoms with Gasteiger partial charge in [0.2, 0.25) is 0 Å². The molecule has 2 N–H and O–H groups in total. The summed E-state index contributed by atoms with van der Waals surface area (Å²) < 4.78 is 11.4. The van der Waals surface area contributed by atoms with E-state index in [1.807, 2.05) is 0 Å². The van der Waals surface area contributed by atoms with Crippen molar-refractivity contribution >= 4 is 29.9 Å². The summed E-state index contributed by atoms with van der Waals surface area (Å²) in [5, 5.41) is 7.13. The van der Waals surface area contributed by atoms with E-state index in [2.05, 4.69) is 31.4 Å². The summed E-state index contributed by atoms with van der Waals surface area (Å²) in [6.45, 7) is 11.3. The monoisotopic (exact) mass is 451 g/mol. The van der Waals surface area contributed by atoms with E-state index in [-0.39, 0.29) is 29.4 Å². The molecule has 0 bridgehead atoms. The fourth-order valence-corrected chi connectivity index (χ4v) is 4.43. The van der Waals surface area contributed by atoms with Gasteiger partial charge in [-0.2, -0.15) is 0 Å². The van der Waals surface area contributed by atoms with Crippen molar-refractivity contribution in [2.24, 2.45) is 22.2 Å². The van der Waals surface area contributed by atoms with Crippen LogP contribution in [0.25, 0.3) is 0 Å². The SMILES string of the molecule is CCNC(=NCC1CCOCC1)NC1C2CCCOC2C1(C)C.I. The van der Waals surface area contributed by atoms with E-state index in [1.54, 1.807) is 0 Å². The van der Waals surface area contributed by atoms with Gasteiger partial charge >= 0.3 is 0 Å². The van der Waals surface area contributed by atoms with Crippen LogP contribution < -0.4 is 10.6 Å². The summed E-state index contributed by atoms with van der Waals surface area (Å²) in [6, 6.07) is 0.459. The van der Waals surface area contributed by atoms with Crippen LogP contribution in [0.5, 0.6) is 0 Å². The molecule has 1 aliphatic carbocycles. The third-order valence-corrected chi connectivity index (χ3v) is 5.82. The van der Waals surface area contributed by atoms with Crippen LogP contribution >= 0.6 is 24.0 Å². The number of halogens is 1. The molecule has 2 aliphatic heterocycles. The highest BCUT2D eigenvalue weighted by Crippen LogP contribution is 2.51. The molecule has 3 atom stereocenters. The molecule has 0 aromatic heterocycles. The van der Waals surface area contributed by atoms with Gasteiger partial charge in [0.05, 0.1) is 6.10 Å². The summed E-state index contributed by atoms with van der Waals surface area (Å²) in [6.07, 6.45) is 5.13. The zero-order chi connectivity index (χ0) is 16.3. The van der Waals surface area contributed by atoms with Gasteiger partial charge in [-0.15, -0.1) is 24.0 Å². The van der Waals surface area contributed by atoms with Crippen LogP contribution in [0.15, 0.2) is 4.99 Å². The molecule has 3 unspecified atom stereocenters. The van der Waals surface area contributed by atoms with Gasteiger partial charge in [-0.25, -0.2) is 0 Å². The van der Waals surface area contributed by atoms with E-state index < -0.39 is 0 Å². The summed E-state index contributed by atoms with van der Waals surface area (Å²) in [7, 11) is 0. The molecule has 0 amide bonds. The van der Waals surface area contributed by atoms with Crippen molar-refractivity contribution in [3.8, 4) is 0 Å². The first kappa shape index (κ1) is 20.2. The lowest BCUT2D eigenvalue weighted by atomic mass is 9.55. The Balaban J connectivity index is 0.00000208. The van der Waals surface area contributed by atoms with E-state index in [0.717, 1.165) is 51.7 Å². The fraction of sp³-hybridized carbons (Fsp3) is 0.944. The average molecular weight is 451 g/mol. The summed E-state index contributed by atoms with van der Waals surface area (Å²) in [5.41, 5.74) is 0.181. The van der Waals surface area contributed by atoms with Gasteiger partial charge in [-0.3, -0.25) is 4.99 Å². The average Bonchev–Trinajstić information content (AvgIpc) is 2.58. The number of aliphatic imine (C=N–C) groups is 1. The number of nitrogens with one attached hydrogen (secondary N) is 2. The Bertz CT molecular complexity index is 424. The topological polar surface area (TPSA) is 54.9 Å². The van der Waals surface area contributed by atoms with Crippen molar-refractivity contribution in [3.63, 3.8) is 0 Å². The number of fused-ring (bicyclic) bond motifs is 1. The first-order valence-corrected chi connectivity index (χ1v) is 9.37. The molecule has 2 heterocycles. The van der Waals surface area contributed by atoms with Crippen LogP contribution in [-0.2, 0) is 9.47 Å². The molecule has 5 nitrogen and oxygen atoms in total. The standard InChI is InChI=1S/C18H33N3O2.HI/c1-4-19-17(20-12-13-7-10-22-11-8-13)21-15-14-6-5-9-23-16(14)18(15,2)3;/h13-16H,4-12H2,1-3H3,(H2,19,20,21);1H. The quantitative estimate of drug-likeness (QED) is 0.392. The Labute approximate surface area is 163 Å². The summed E-state index contributed by atoms with van der Waals surface area (Å²) in [5.74, 6) is 2.27. The van der Waals surface area contributed by atoms with Crippen molar-refractivity contribution in [3.05, 3.63) is 0 Å². The molecule has 0 aromatic carbocycles. The lowest BCUT2D eigenvalue weighted by molar-refractivity contribution is -0.188. The Kier molecular flexibility index (Phi) is 7.61. The molecule has 6 heteroatoms. The molecular weight excluding hydrogens is 417 g/mol. The van der Waals surface area contributed by atoms with Crippen LogP contribution in [-0.4, -0.2) is 51.0 Å². The number of nitrogens with zero attached hydrogens (tertiary/aromatic N) is 1. The minimum absolute atomic E-state index is 0. The predicted molar refractivity (Wildman–Crippen MR) is 108 cm³/mol. The van der Waals surface area contributed by atoms with Crippen LogP contribution in [0, 0.1) is 17.3 Å². The number of hydrogen-bond donors (Lipinski definition) is 2. The van der Waals surface area contributed by atoms with Crippen molar-refractivity contribution in [2.75, 3.05) is 32.9 Å². The Morgan fingerprint density at radius 1 is 1.17 bits per heavy atom. The molecule has 3 aliphatic rings. The lowest BCUT2D eigenvalue weighted by Gasteiger charge is -2.60. The van der Waals surface area contributed by atoms with Crippen LogP contribution in [0.2, 0.25) is 0 Å². The lowest BCUT2D eigenvalue weighted by Crippen LogP contribution is -2.71. The second-order valence-electron chi connectivity index (χ2n) is 7.82. The van der Waals surface area contributed by atoms with Gasteiger partial charge in [-0.1, -0.05) is 13.8 Å². The first-order chi connectivity index (χ1) is 11.1. The number of ether oxygens (including phenoxy) is 2. The second-order valence-corrected chi connectivity index (χ2v) is 7.82. The highest BCUT2D eigenvalue weighted by molar-refractivity contribution is 14.0. The maximum Gasteiger partial charge on any atom is 0.191 e. The molecule has 1 saturated carbocycles. The Morgan fingerprint density at radius 3 is 2.62 bits per heavy atom. The minimum Gasteiger partial charge on any atom is -0.381 e. The maximum absolute atomic E-state index is 6.00. The van der Waals surface area contributed by atoms with Gasteiger partial charge < -0.3 is 20.1 Å². The molecule has 3 fully saturated rings. The maximum atomic E-state index is 6.00. The molecule has 0 radical (unpaired) electrons. The van der Waals surface area contributed by atoms with Crippen molar-refractivity contribution in [2.45, 2.75) is 58.6 Å². The van der Waals surface area contributed by atoms with E-state index in [9.17, 15) is 0 Å². The van der Waals surface area contributed by atoms with E-state index >= 15 is 0 Å². The van der Waals surface area contributed by atoms with Crippen LogP contribution in [0.1, 0.15) is 46.5 Å². The van der Waals surface area contributed by atoms with Crippen molar-refractivity contribution in [1.82, 2.24) is 10.6 Å². The largest absolute Gasteiger partial charge is 0.381 e. The molecule has 3 rings (SSSR count). The Morgan fingerprint density at radius 2 is 1.92 bits per heavy atom. The number of hydrogen-bond acceptors (Lipinski definition) is 3. The first-order valence-electron chi connectivity index (χ1n) is 9.37. The van der Waals surface area contributed by atoms with Crippen molar-refractivity contribution in [1.29, 1.82) is 0 Å². The summed E-state index contributed by atoms with van der Waals surface area (Å²) in [4.78, 5) is 4.86. The molecule has 2 saturated heterocycles. The van der Waals surface area contributed by atoms with Gasteiger partial charge in [0, 0.05) is 50.3 Å². The van der Waals surface area contributed by atoms with E-state index in [4.69, 9.17) is 14.5 Å². The zero-order valence-electron chi connectivity index (χ0n) is 15.3. The van der Waals surface area contributed by atoms with Gasteiger partial charge in [0.15, 0.2) is 5.96 Å². The van der Waals surface area contributed by atoms with E-state index in [0.29, 0.717) is 24.0 Å². The minimum atomic E-state index is 0. The third kappa shape index (κ3) is 4.36. The summed E-state index contributed by atoms with van der Waals surface area (Å²) >= 11 is 0. The Hall–Kier alpha value is -0.0800. The molecular formula is C18H34IN3O2. The zero-order valence-corrected chi connectivity index (χ0v) is 17.7. The molecule has 0 aromatic rings. The predicted octanol–water partition coefficient (Wildman–Crippen LogP) is 2.79. The van der Waals surface area contributed by atoms with Gasteiger partial charge in [0.1, 0.15) is 0 Å². The smallest absolute Gasteiger partial charge is 0.191 e. The van der Waals surface area contributed by atoms with Gasteiger partial charge in [-0.05, 0) is 38.5 Å². The van der Waals surface area contributed by atoms with Gasteiger partial charge in [0.25, 0.3) is 0 Å².